The third-order valence-corrected chi connectivity index (χ3v) is 3.04. The number of carbonyl (C=O) groups excluding carboxylic acids is 1. The van der Waals surface area contributed by atoms with Gasteiger partial charge in [-0.15, -0.1) is 0 Å². The first-order valence-electron chi connectivity index (χ1n) is 6.65. The second kappa shape index (κ2) is 8.58. The van der Waals surface area contributed by atoms with Crippen LogP contribution in [0.4, 0.5) is 5.69 Å². The SMILES string of the molecule is CCNC(=NCC(=O)Nc1cc(Br)ccc1C)NCC. The lowest BCUT2D eigenvalue weighted by molar-refractivity contribution is -0.114. The van der Waals surface area contributed by atoms with Gasteiger partial charge < -0.3 is 16.0 Å². The van der Waals surface area contributed by atoms with Crippen molar-refractivity contribution in [1.29, 1.82) is 0 Å². The molecule has 0 saturated carbocycles. The summed E-state index contributed by atoms with van der Waals surface area (Å²) in [6.45, 7) is 7.53. The van der Waals surface area contributed by atoms with Gasteiger partial charge in [-0.3, -0.25) is 4.79 Å². The maximum absolute atomic E-state index is 11.9. The lowest BCUT2D eigenvalue weighted by atomic mass is 10.2. The van der Waals surface area contributed by atoms with Gasteiger partial charge in [0, 0.05) is 23.2 Å². The highest BCUT2D eigenvalue weighted by Gasteiger charge is 2.05. The number of hydrogen-bond donors (Lipinski definition) is 3. The number of anilines is 1. The number of aliphatic imine (C=N–C) groups is 1. The van der Waals surface area contributed by atoms with Crippen LogP contribution in [-0.4, -0.2) is 31.5 Å². The fourth-order valence-electron chi connectivity index (χ4n) is 1.58. The smallest absolute Gasteiger partial charge is 0.246 e. The van der Waals surface area contributed by atoms with Crippen LogP contribution in [-0.2, 0) is 4.79 Å². The maximum Gasteiger partial charge on any atom is 0.246 e. The molecular formula is C14H21BrN4O. The zero-order valence-corrected chi connectivity index (χ0v) is 13.7. The first-order chi connectivity index (χ1) is 9.56. The molecule has 0 unspecified atom stereocenters. The van der Waals surface area contributed by atoms with Crippen LogP contribution in [0, 0.1) is 6.92 Å². The van der Waals surface area contributed by atoms with Crippen LogP contribution in [0.2, 0.25) is 0 Å². The first-order valence-corrected chi connectivity index (χ1v) is 7.44. The summed E-state index contributed by atoms with van der Waals surface area (Å²) in [5, 5.41) is 9.01. The van der Waals surface area contributed by atoms with Crippen LogP contribution in [0.25, 0.3) is 0 Å². The number of rotatable bonds is 5. The van der Waals surface area contributed by atoms with Gasteiger partial charge in [0.05, 0.1) is 0 Å². The van der Waals surface area contributed by atoms with Gasteiger partial charge in [-0.05, 0) is 38.5 Å². The molecule has 3 N–H and O–H groups in total. The van der Waals surface area contributed by atoms with Crippen molar-refractivity contribution in [3.63, 3.8) is 0 Å². The Morgan fingerprint density at radius 3 is 2.50 bits per heavy atom. The summed E-state index contributed by atoms with van der Waals surface area (Å²) >= 11 is 3.39. The fourth-order valence-corrected chi connectivity index (χ4v) is 1.94. The average molecular weight is 341 g/mol. The molecule has 20 heavy (non-hydrogen) atoms. The van der Waals surface area contributed by atoms with E-state index in [2.05, 4.69) is 36.9 Å². The molecule has 0 fully saturated rings. The molecule has 0 radical (unpaired) electrons. The monoisotopic (exact) mass is 340 g/mol. The highest BCUT2D eigenvalue weighted by molar-refractivity contribution is 9.10. The molecule has 1 amide bonds. The number of amides is 1. The molecule has 0 saturated heterocycles. The summed E-state index contributed by atoms with van der Waals surface area (Å²) in [5.74, 6) is 0.510. The van der Waals surface area contributed by atoms with Crippen molar-refractivity contribution in [2.45, 2.75) is 20.8 Å². The van der Waals surface area contributed by atoms with Crippen LogP contribution in [0.15, 0.2) is 27.7 Å². The van der Waals surface area contributed by atoms with E-state index in [1.165, 1.54) is 0 Å². The number of nitrogens with one attached hydrogen (secondary N) is 3. The quantitative estimate of drug-likeness (QED) is 0.569. The van der Waals surface area contributed by atoms with E-state index in [9.17, 15) is 4.79 Å². The first kappa shape index (κ1) is 16.5. The van der Waals surface area contributed by atoms with E-state index in [0.717, 1.165) is 28.8 Å². The molecule has 0 bridgehead atoms. The molecule has 0 atom stereocenters. The van der Waals surface area contributed by atoms with Crippen LogP contribution in [0.3, 0.4) is 0 Å². The Balaban J connectivity index is 2.62. The van der Waals surface area contributed by atoms with Crippen molar-refractivity contribution < 1.29 is 4.79 Å². The molecule has 6 heteroatoms. The molecule has 1 aromatic carbocycles. The van der Waals surface area contributed by atoms with Gasteiger partial charge in [0.15, 0.2) is 5.96 Å². The van der Waals surface area contributed by atoms with Gasteiger partial charge in [0.25, 0.3) is 0 Å². The molecular weight excluding hydrogens is 320 g/mol. The van der Waals surface area contributed by atoms with Crippen LogP contribution in [0.1, 0.15) is 19.4 Å². The second-order valence-corrected chi connectivity index (χ2v) is 5.15. The van der Waals surface area contributed by atoms with Gasteiger partial charge in [0.1, 0.15) is 6.54 Å². The number of hydrogen-bond acceptors (Lipinski definition) is 2. The van der Waals surface area contributed by atoms with Crippen molar-refractivity contribution in [2.24, 2.45) is 4.99 Å². The minimum Gasteiger partial charge on any atom is -0.357 e. The number of nitrogens with zero attached hydrogens (tertiary/aromatic N) is 1. The molecule has 110 valence electrons. The van der Waals surface area contributed by atoms with E-state index in [0.29, 0.717) is 5.96 Å². The largest absolute Gasteiger partial charge is 0.357 e. The van der Waals surface area contributed by atoms with Crippen molar-refractivity contribution in [2.75, 3.05) is 25.0 Å². The second-order valence-electron chi connectivity index (χ2n) is 4.23. The summed E-state index contributed by atoms with van der Waals surface area (Å²) in [4.78, 5) is 16.1. The average Bonchev–Trinajstić information content (AvgIpc) is 2.41. The molecule has 0 heterocycles. The minimum absolute atomic E-state index is 0.0846. The number of halogens is 1. The number of benzene rings is 1. The Kier molecular flexibility index (Phi) is 7.08. The van der Waals surface area contributed by atoms with E-state index in [4.69, 9.17) is 0 Å². The molecule has 5 nitrogen and oxygen atoms in total. The third kappa shape index (κ3) is 5.61. The minimum atomic E-state index is -0.139. The summed E-state index contributed by atoms with van der Waals surface area (Å²) in [6, 6.07) is 5.77. The molecule has 1 aromatic rings. The van der Waals surface area contributed by atoms with Gasteiger partial charge >= 0.3 is 0 Å². The van der Waals surface area contributed by atoms with Gasteiger partial charge in [-0.1, -0.05) is 22.0 Å². The standard InChI is InChI=1S/C14H21BrN4O/c1-4-16-14(17-5-2)18-9-13(20)19-12-8-11(15)7-6-10(12)3/h6-8H,4-5,9H2,1-3H3,(H,19,20)(H2,16,17,18). The summed E-state index contributed by atoms with van der Waals surface area (Å²) in [7, 11) is 0. The van der Waals surface area contributed by atoms with Crippen LogP contribution < -0.4 is 16.0 Å². The topological polar surface area (TPSA) is 65.5 Å². The molecule has 0 aromatic heterocycles. The summed E-state index contributed by atoms with van der Waals surface area (Å²) < 4.78 is 0.933. The van der Waals surface area contributed by atoms with Gasteiger partial charge in [-0.2, -0.15) is 0 Å². The number of aryl methyl sites for hydroxylation is 1. The highest BCUT2D eigenvalue weighted by atomic mass is 79.9. The zero-order valence-electron chi connectivity index (χ0n) is 12.1. The summed E-state index contributed by atoms with van der Waals surface area (Å²) in [5.41, 5.74) is 1.82. The molecule has 0 aliphatic carbocycles. The highest BCUT2D eigenvalue weighted by Crippen LogP contribution is 2.20. The normalized spacial score (nSPS) is 9.80. The van der Waals surface area contributed by atoms with Crippen molar-refractivity contribution in [3.05, 3.63) is 28.2 Å². The summed E-state index contributed by atoms with van der Waals surface area (Å²) in [6.07, 6.45) is 0. The number of carbonyl (C=O) groups is 1. The Hall–Kier alpha value is -1.56. The maximum atomic E-state index is 11.9. The Bertz CT molecular complexity index is 480. The Labute approximate surface area is 128 Å². The van der Waals surface area contributed by atoms with E-state index < -0.39 is 0 Å². The Morgan fingerprint density at radius 1 is 1.25 bits per heavy atom. The zero-order chi connectivity index (χ0) is 15.0. The Morgan fingerprint density at radius 2 is 1.90 bits per heavy atom. The lowest BCUT2D eigenvalue weighted by Crippen LogP contribution is -2.37. The molecule has 1 rings (SSSR count). The lowest BCUT2D eigenvalue weighted by Gasteiger charge is -2.10. The van der Waals surface area contributed by atoms with E-state index in [1.54, 1.807) is 0 Å². The van der Waals surface area contributed by atoms with E-state index in [-0.39, 0.29) is 12.5 Å². The van der Waals surface area contributed by atoms with Crippen LogP contribution in [0.5, 0.6) is 0 Å². The van der Waals surface area contributed by atoms with Gasteiger partial charge in [0.2, 0.25) is 5.91 Å². The van der Waals surface area contributed by atoms with Crippen molar-refractivity contribution in [3.8, 4) is 0 Å². The van der Waals surface area contributed by atoms with E-state index in [1.807, 2.05) is 39.0 Å². The number of guanidine groups is 1. The molecule has 0 spiro atoms. The van der Waals surface area contributed by atoms with Crippen molar-refractivity contribution >= 4 is 33.5 Å². The van der Waals surface area contributed by atoms with Crippen LogP contribution >= 0.6 is 15.9 Å². The predicted octanol–water partition coefficient (Wildman–Crippen LogP) is 2.27. The predicted molar refractivity (Wildman–Crippen MR) is 87.2 cm³/mol. The molecule has 0 aliphatic heterocycles. The van der Waals surface area contributed by atoms with Gasteiger partial charge in [-0.25, -0.2) is 4.99 Å². The third-order valence-electron chi connectivity index (χ3n) is 2.54. The fraction of sp³-hybridized carbons (Fsp3) is 0.429. The van der Waals surface area contributed by atoms with Crippen molar-refractivity contribution in [1.82, 2.24) is 10.6 Å². The molecule has 0 aliphatic rings. The van der Waals surface area contributed by atoms with E-state index >= 15 is 0 Å².